The van der Waals surface area contributed by atoms with Crippen LogP contribution in [-0.2, 0) is 13.6 Å². The third-order valence-corrected chi connectivity index (χ3v) is 3.02. The topological polar surface area (TPSA) is 69.9 Å². The molecule has 1 aromatic carbocycles. The highest BCUT2D eigenvalue weighted by atomic mass is 16.3. The van der Waals surface area contributed by atoms with Gasteiger partial charge in [0.15, 0.2) is 11.5 Å². The van der Waals surface area contributed by atoms with Gasteiger partial charge in [0.2, 0.25) is 0 Å². The van der Waals surface area contributed by atoms with Crippen LogP contribution in [0.1, 0.15) is 11.6 Å². The van der Waals surface area contributed by atoms with E-state index in [-0.39, 0.29) is 0 Å². The summed E-state index contributed by atoms with van der Waals surface area (Å²) < 4.78 is 7.47. The lowest BCUT2D eigenvalue weighted by atomic mass is 10.1. The minimum Gasteiger partial charge on any atom is -0.441 e. The Balaban J connectivity index is 2.18. The minimum atomic E-state index is 0.458. The van der Waals surface area contributed by atoms with Crippen LogP contribution >= 0.6 is 0 Å². The summed E-state index contributed by atoms with van der Waals surface area (Å²) >= 11 is 0. The van der Waals surface area contributed by atoms with Crippen LogP contribution in [0.3, 0.4) is 0 Å². The summed E-state index contributed by atoms with van der Waals surface area (Å²) in [6.07, 6.45) is 1.77. The standard InChI is InChI=1S/C13H14N4O/c1-8-16-10-4-3-9(5-12(10)18-8)13-11(6-14)17(2)7-15-13/h3-5,7H,6,14H2,1-2H3. The van der Waals surface area contributed by atoms with Crippen LogP contribution in [0.5, 0.6) is 0 Å². The van der Waals surface area contributed by atoms with E-state index in [0.717, 1.165) is 28.1 Å². The molecule has 0 unspecified atom stereocenters. The fourth-order valence-electron chi connectivity index (χ4n) is 2.12. The number of imidazole rings is 1. The van der Waals surface area contributed by atoms with Crippen molar-refractivity contribution in [1.82, 2.24) is 14.5 Å². The van der Waals surface area contributed by atoms with Crippen LogP contribution in [-0.4, -0.2) is 14.5 Å². The highest BCUT2D eigenvalue weighted by molar-refractivity contribution is 5.79. The maximum absolute atomic E-state index is 5.75. The van der Waals surface area contributed by atoms with Crippen molar-refractivity contribution >= 4 is 11.1 Å². The van der Waals surface area contributed by atoms with Gasteiger partial charge in [0.25, 0.3) is 0 Å². The number of aryl methyl sites for hydroxylation is 2. The van der Waals surface area contributed by atoms with Gasteiger partial charge in [0, 0.05) is 26.1 Å². The van der Waals surface area contributed by atoms with E-state index in [1.54, 1.807) is 6.33 Å². The van der Waals surface area contributed by atoms with Crippen LogP contribution in [0.2, 0.25) is 0 Å². The lowest BCUT2D eigenvalue weighted by molar-refractivity contribution is 0.561. The number of aromatic nitrogens is 3. The number of fused-ring (bicyclic) bond motifs is 1. The molecule has 0 atom stereocenters. The van der Waals surface area contributed by atoms with Gasteiger partial charge in [-0.2, -0.15) is 0 Å². The first-order valence-electron chi connectivity index (χ1n) is 5.77. The zero-order valence-corrected chi connectivity index (χ0v) is 10.3. The van der Waals surface area contributed by atoms with Gasteiger partial charge in [0.05, 0.1) is 17.7 Å². The van der Waals surface area contributed by atoms with Gasteiger partial charge in [-0.05, 0) is 12.1 Å². The lowest BCUT2D eigenvalue weighted by Crippen LogP contribution is -2.04. The average molecular weight is 242 g/mol. The van der Waals surface area contributed by atoms with Crippen molar-refractivity contribution in [3.8, 4) is 11.3 Å². The molecule has 3 aromatic rings. The van der Waals surface area contributed by atoms with Crippen molar-refractivity contribution in [2.75, 3.05) is 0 Å². The van der Waals surface area contributed by atoms with E-state index in [1.807, 2.05) is 36.7 Å². The summed E-state index contributed by atoms with van der Waals surface area (Å²) in [5, 5.41) is 0. The maximum atomic E-state index is 5.75. The minimum absolute atomic E-state index is 0.458. The Labute approximate surface area is 104 Å². The molecule has 0 amide bonds. The third kappa shape index (κ3) is 1.60. The molecule has 2 N–H and O–H groups in total. The molecule has 0 aliphatic carbocycles. The van der Waals surface area contributed by atoms with Crippen molar-refractivity contribution in [2.45, 2.75) is 13.5 Å². The van der Waals surface area contributed by atoms with Crippen LogP contribution < -0.4 is 5.73 Å². The zero-order chi connectivity index (χ0) is 12.7. The highest BCUT2D eigenvalue weighted by Crippen LogP contribution is 2.26. The number of hydrogen-bond donors (Lipinski definition) is 1. The van der Waals surface area contributed by atoms with Crippen molar-refractivity contribution < 1.29 is 4.42 Å². The summed E-state index contributed by atoms with van der Waals surface area (Å²) in [6, 6.07) is 5.89. The maximum Gasteiger partial charge on any atom is 0.192 e. The molecule has 2 aromatic heterocycles. The number of oxazole rings is 1. The second kappa shape index (κ2) is 3.96. The van der Waals surface area contributed by atoms with Gasteiger partial charge in [-0.3, -0.25) is 0 Å². The van der Waals surface area contributed by atoms with Crippen LogP contribution in [0.15, 0.2) is 28.9 Å². The van der Waals surface area contributed by atoms with Gasteiger partial charge in [-0.25, -0.2) is 9.97 Å². The van der Waals surface area contributed by atoms with Gasteiger partial charge in [0.1, 0.15) is 5.52 Å². The number of hydrogen-bond acceptors (Lipinski definition) is 4. The summed E-state index contributed by atoms with van der Waals surface area (Å²) in [5.41, 5.74) is 10.3. The number of rotatable bonds is 2. The first kappa shape index (κ1) is 11.0. The molecular weight excluding hydrogens is 228 g/mol. The summed E-state index contributed by atoms with van der Waals surface area (Å²) in [5.74, 6) is 0.669. The predicted octanol–water partition coefficient (Wildman–Crippen LogP) is 2.00. The second-order valence-electron chi connectivity index (χ2n) is 4.27. The molecule has 0 saturated carbocycles. The molecule has 2 heterocycles. The fraction of sp³-hybridized carbons (Fsp3) is 0.231. The van der Waals surface area contributed by atoms with Crippen molar-refractivity contribution in [2.24, 2.45) is 12.8 Å². The van der Waals surface area contributed by atoms with Gasteiger partial charge in [-0.1, -0.05) is 6.07 Å². The molecule has 0 bridgehead atoms. The normalized spacial score (nSPS) is 11.3. The number of nitrogens with two attached hydrogens (primary N) is 1. The quantitative estimate of drug-likeness (QED) is 0.746. The third-order valence-electron chi connectivity index (χ3n) is 3.02. The van der Waals surface area contributed by atoms with Gasteiger partial charge in [-0.15, -0.1) is 0 Å². The van der Waals surface area contributed by atoms with E-state index in [4.69, 9.17) is 10.2 Å². The summed E-state index contributed by atoms with van der Waals surface area (Å²) in [7, 11) is 1.94. The molecule has 0 aliphatic rings. The number of benzene rings is 1. The van der Waals surface area contributed by atoms with E-state index >= 15 is 0 Å². The Morgan fingerprint density at radius 2 is 2.22 bits per heavy atom. The number of nitrogens with zero attached hydrogens (tertiary/aromatic N) is 3. The Kier molecular flexibility index (Phi) is 2.41. The molecule has 0 spiro atoms. The summed E-state index contributed by atoms with van der Waals surface area (Å²) in [6.45, 7) is 2.30. The highest BCUT2D eigenvalue weighted by Gasteiger charge is 2.11. The molecule has 92 valence electrons. The van der Waals surface area contributed by atoms with Crippen molar-refractivity contribution in [3.05, 3.63) is 36.1 Å². The molecule has 5 nitrogen and oxygen atoms in total. The predicted molar refractivity (Wildman–Crippen MR) is 68.8 cm³/mol. The zero-order valence-electron chi connectivity index (χ0n) is 10.3. The van der Waals surface area contributed by atoms with Crippen LogP contribution in [0.4, 0.5) is 0 Å². The first-order valence-corrected chi connectivity index (χ1v) is 5.77. The van der Waals surface area contributed by atoms with E-state index in [0.29, 0.717) is 12.4 Å². The first-order chi connectivity index (χ1) is 8.69. The Bertz CT molecular complexity index is 711. The second-order valence-corrected chi connectivity index (χ2v) is 4.27. The average Bonchev–Trinajstić information content (AvgIpc) is 2.89. The Morgan fingerprint density at radius 1 is 1.39 bits per heavy atom. The van der Waals surface area contributed by atoms with Crippen molar-refractivity contribution in [3.63, 3.8) is 0 Å². The monoisotopic (exact) mass is 242 g/mol. The van der Waals surface area contributed by atoms with E-state index < -0.39 is 0 Å². The Morgan fingerprint density at radius 3 is 3.00 bits per heavy atom. The van der Waals surface area contributed by atoms with Gasteiger partial charge >= 0.3 is 0 Å². The fourth-order valence-corrected chi connectivity index (χ4v) is 2.12. The van der Waals surface area contributed by atoms with Crippen molar-refractivity contribution in [1.29, 1.82) is 0 Å². The molecule has 0 saturated heterocycles. The molecule has 0 radical (unpaired) electrons. The molecule has 5 heteroatoms. The largest absolute Gasteiger partial charge is 0.441 e. The molecule has 0 aliphatic heterocycles. The SMILES string of the molecule is Cc1nc2ccc(-c3ncn(C)c3CN)cc2o1. The molecule has 0 fully saturated rings. The lowest BCUT2D eigenvalue weighted by Gasteiger charge is -2.02. The van der Waals surface area contributed by atoms with Crippen LogP contribution in [0.25, 0.3) is 22.4 Å². The van der Waals surface area contributed by atoms with E-state index in [9.17, 15) is 0 Å². The van der Waals surface area contributed by atoms with Gasteiger partial charge < -0.3 is 14.7 Å². The molecule has 18 heavy (non-hydrogen) atoms. The van der Waals surface area contributed by atoms with E-state index in [1.165, 1.54) is 0 Å². The summed E-state index contributed by atoms with van der Waals surface area (Å²) in [4.78, 5) is 8.67. The smallest absolute Gasteiger partial charge is 0.192 e. The molecule has 3 rings (SSSR count). The van der Waals surface area contributed by atoms with E-state index in [2.05, 4.69) is 9.97 Å². The molecular formula is C13H14N4O. The Hall–Kier alpha value is -2.14. The van der Waals surface area contributed by atoms with Crippen LogP contribution in [0, 0.1) is 6.92 Å².